The molecule has 0 saturated carbocycles. The number of urea groups is 1. The third kappa shape index (κ3) is 7.25. The van der Waals surface area contributed by atoms with Crippen molar-refractivity contribution in [2.75, 3.05) is 38.1 Å². The predicted octanol–water partition coefficient (Wildman–Crippen LogP) is 4.17. The molecule has 0 aromatic heterocycles. The van der Waals surface area contributed by atoms with E-state index in [1.165, 1.54) is 11.1 Å². The number of fused-ring (bicyclic) bond motifs is 1. The maximum atomic E-state index is 12.3. The molecule has 178 valence electrons. The summed E-state index contributed by atoms with van der Waals surface area (Å²) in [6.07, 6.45) is 4.10. The minimum Gasteiger partial charge on any atom is -0.493 e. The number of rotatable bonds is 7. The van der Waals surface area contributed by atoms with Crippen molar-refractivity contribution in [3.05, 3.63) is 59.2 Å². The minimum absolute atomic E-state index is 0. The van der Waals surface area contributed by atoms with E-state index in [0.29, 0.717) is 6.54 Å². The SMILES string of the molecule is CCNC(=NCc1cccc(NC(=O)N2CCCC2)c1)NCCc1ccc2c(c1)CCO2.I. The van der Waals surface area contributed by atoms with Gasteiger partial charge in [0.25, 0.3) is 0 Å². The second-order valence-corrected chi connectivity index (χ2v) is 8.24. The molecule has 2 aromatic rings. The number of amides is 2. The molecule has 8 heteroatoms. The Labute approximate surface area is 213 Å². The third-order valence-corrected chi connectivity index (χ3v) is 5.80. The smallest absolute Gasteiger partial charge is 0.321 e. The number of hydrogen-bond donors (Lipinski definition) is 3. The molecule has 0 bridgehead atoms. The molecule has 2 amide bonds. The highest BCUT2D eigenvalue weighted by atomic mass is 127. The molecule has 0 spiro atoms. The standard InChI is InChI=1S/C25H33N5O2.HI/c1-2-26-24(27-12-10-19-8-9-23-21(16-19)11-15-32-23)28-18-20-6-5-7-22(17-20)29-25(31)30-13-3-4-14-30;/h5-9,16-17H,2-4,10-15,18H2,1H3,(H,29,31)(H2,26,27,28);1H. The molecule has 3 N–H and O–H groups in total. The van der Waals surface area contributed by atoms with Crippen LogP contribution in [-0.4, -0.2) is 49.7 Å². The number of aliphatic imine (C=N–C) groups is 1. The van der Waals surface area contributed by atoms with Crippen molar-refractivity contribution in [2.24, 2.45) is 4.99 Å². The van der Waals surface area contributed by atoms with Gasteiger partial charge in [-0.2, -0.15) is 0 Å². The Hall–Kier alpha value is -2.49. The van der Waals surface area contributed by atoms with E-state index in [1.54, 1.807) is 0 Å². The fourth-order valence-electron chi connectivity index (χ4n) is 4.10. The Morgan fingerprint density at radius 2 is 1.94 bits per heavy atom. The predicted molar refractivity (Wildman–Crippen MR) is 144 cm³/mol. The first-order valence-electron chi connectivity index (χ1n) is 11.6. The topological polar surface area (TPSA) is 78.0 Å². The van der Waals surface area contributed by atoms with E-state index >= 15 is 0 Å². The van der Waals surface area contributed by atoms with Gasteiger partial charge in [0.05, 0.1) is 13.2 Å². The number of hydrogen-bond acceptors (Lipinski definition) is 3. The van der Waals surface area contributed by atoms with Crippen LogP contribution in [-0.2, 0) is 19.4 Å². The minimum atomic E-state index is -0.0173. The normalized spacial score (nSPS) is 14.8. The van der Waals surface area contributed by atoms with E-state index in [2.05, 4.69) is 41.1 Å². The Balaban J connectivity index is 0.00000306. The molecule has 1 saturated heterocycles. The molecular weight excluding hydrogens is 529 g/mol. The molecule has 33 heavy (non-hydrogen) atoms. The number of carbonyl (C=O) groups excluding carboxylic acids is 1. The van der Waals surface area contributed by atoms with Crippen molar-refractivity contribution in [2.45, 2.75) is 39.2 Å². The first-order chi connectivity index (χ1) is 15.7. The molecule has 2 heterocycles. The van der Waals surface area contributed by atoms with Crippen LogP contribution < -0.4 is 20.7 Å². The van der Waals surface area contributed by atoms with Crippen molar-refractivity contribution in [1.29, 1.82) is 0 Å². The summed E-state index contributed by atoms with van der Waals surface area (Å²) in [4.78, 5) is 18.9. The fourth-order valence-corrected chi connectivity index (χ4v) is 4.10. The molecule has 1 fully saturated rings. The molecular formula is C25H34IN5O2. The van der Waals surface area contributed by atoms with Crippen molar-refractivity contribution in [1.82, 2.24) is 15.5 Å². The van der Waals surface area contributed by atoms with Crippen LogP contribution in [0.1, 0.15) is 36.5 Å². The Morgan fingerprint density at radius 1 is 1.09 bits per heavy atom. The van der Waals surface area contributed by atoms with Gasteiger partial charge >= 0.3 is 6.03 Å². The van der Waals surface area contributed by atoms with Crippen LogP contribution in [0.15, 0.2) is 47.5 Å². The summed E-state index contributed by atoms with van der Waals surface area (Å²) in [6, 6.07) is 14.4. The van der Waals surface area contributed by atoms with Gasteiger partial charge in [-0.1, -0.05) is 24.3 Å². The van der Waals surface area contributed by atoms with Crippen LogP contribution in [0.3, 0.4) is 0 Å². The lowest BCUT2D eigenvalue weighted by atomic mass is 10.1. The van der Waals surface area contributed by atoms with Gasteiger partial charge in [-0.05, 0) is 61.1 Å². The highest BCUT2D eigenvalue weighted by molar-refractivity contribution is 14.0. The number of nitrogens with one attached hydrogen (secondary N) is 3. The summed E-state index contributed by atoms with van der Waals surface area (Å²) in [5.74, 6) is 1.82. The second kappa shape index (κ2) is 12.7. The lowest BCUT2D eigenvalue weighted by Crippen LogP contribution is -2.38. The summed E-state index contributed by atoms with van der Waals surface area (Å²) in [7, 11) is 0. The number of anilines is 1. The molecule has 0 atom stereocenters. The Bertz CT molecular complexity index is 960. The van der Waals surface area contributed by atoms with Gasteiger partial charge in [0.2, 0.25) is 0 Å². The van der Waals surface area contributed by atoms with Gasteiger partial charge in [-0.15, -0.1) is 24.0 Å². The number of likely N-dealkylation sites (tertiary alicyclic amines) is 1. The zero-order valence-corrected chi connectivity index (χ0v) is 21.6. The van der Waals surface area contributed by atoms with Gasteiger partial charge in [0, 0.05) is 38.3 Å². The number of halogens is 1. The zero-order valence-electron chi connectivity index (χ0n) is 19.2. The van der Waals surface area contributed by atoms with E-state index in [1.807, 2.05) is 29.2 Å². The number of guanidine groups is 1. The first-order valence-corrected chi connectivity index (χ1v) is 11.6. The van der Waals surface area contributed by atoms with Gasteiger partial charge in [0.1, 0.15) is 5.75 Å². The summed E-state index contributed by atoms with van der Waals surface area (Å²) in [6.45, 7) is 6.67. The summed E-state index contributed by atoms with van der Waals surface area (Å²) < 4.78 is 5.59. The van der Waals surface area contributed by atoms with Crippen LogP contribution >= 0.6 is 24.0 Å². The molecule has 0 unspecified atom stereocenters. The van der Waals surface area contributed by atoms with Crippen molar-refractivity contribution >= 4 is 41.7 Å². The fraction of sp³-hybridized carbons (Fsp3) is 0.440. The van der Waals surface area contributed by atoms with E-state index < -0.39 is 0 Å². The number of nitrogens with zero attached hydrogens (tertiary/aromatic N) is 2. The quantitative estimate of drug-likeness (QED) is 0.269. The highest BCUT2D eigenvalue weighted by Gasteiger charge is 2.17. The van der Waals surface area contributed by atoms with Gasteiger partial charge in [-0.3, -0.25) is 0 Å². The lowest BCUT2D eigenvalue weighted by Gasteiger charge is -2.16. The summed E-state index contributed by atoms with van der Waals surface area (Å²) in [5.41, 5.74) is 4.48. The maximum Gasteiger partial charge on any atom is 0.321 e. The molecule has 2 aliphatic rings. The maximum absolute atomic E-state index is 12.3. The number of ether oxygens (including phenoxy) is 1. The first kappa shape index (κ1) is 25.1. The van der Waals surface area contributed by atoms with Crippen LogP contribution in [0.4, 0.5) is 10.5 Å². The van der Waals surface area contributed by atoms with Crippen LogP contribution in [0.25, 0.3) is 0 Å². The van der Waals surface area contributed by atoms with Gasteiger partial charge in [-0.25, -0.2) is 9.79 Å². The zero-order chi connectivity index (χ0) is 22.2. The molecule has 0 aliphatic carbocycles. The monoisotopic (exact) mass is 563 g/mol. The Morgan fingerprint density at radius 3 is 2.76 bits per heavy atom. The van der Waals surface area contributed by atoms with Gasteiger partial charge in [0.15, 0.2) is 5.96 Å². The second-order valence-electron chi connectivity index (χ2n) is 8.24. The third-order valence-electron chi connectivity index (χ3n) is 5.80. The van der Waals surface area contributed by atoms with E-state index in [0.717, 1.165) is 81.4 Å². The number of carbonyl (C=O) groups is 1. The average molecular weight is 563 g/mol. The van der Waals surface area contributed by atoms with E-state index in [-0.39, 0.29) is 30.0 Å². The van der Waals surface area contributed by atoms with Crippen LogP contribution in [0, 0.1) is 0 Å². The van der Waals surface area contributed by atoms with Crippen molar-refractivity contribution in [3.63, 3.8) is 0 Å². The van der Waals surface area contributed by atoms with Crippen LogP contribution in [0.2, 0.25) is 0 Å². The van der Waals surface area contributed by atoms with Crippen LogP contribution in [0.5, 0.6) is 5.75 Å². The van der Waals surface area contributed by atoms with Gasteiger partial charge < -0.3 is 25.6 Å². The summed E-state index contributed by atoms with van der Waals surface area (Å²) >= 11 is 0. The van der Waals surface area contributed by atoms with E-state index in [9.17, 15) is 4.79 Å². The Kier molecular flexibility index (Phi) is 9.65. The van der Waals surface area contributed by atoms with Crippen molar-refractivity contribution < 1.29 is 9.53 Å². The molecule has 7 nitrogen and oxygen atoms in total. The summed E-state index contributed by atoms with van der Waals surface area (Å²) in [5, 5.41) is 9.74. The van der Waals surface area contributed by atoms with E-state index in [4.69, 9.17) is 9.73 Å². The number of benzene rings is 2. The molecule has 4 rings (SSSR count). The largest absolute Gasteiger partial charge is 0.493 e. The molecule has 0 radical (unpaired) electrons. The molecule has 2 aromatic carbocycles. The van der Waals surface area contributed by atoms with Crippen molar-refractivity contribution in [3.8, 4) is 5.75 Å². The average Bonchev–Trinajstić information content (AvgIpc) is 3.49. The highest BCUT2D eigenvalue weighted by Crippen LogP contribution is 2.25. The molecule has 2 aliphatic heterocycles. The lowest BCUT2D eigenvalue weighted by molar-refractivity contribution is 0.222.